The molecule has 0 amide bonds. The number of nitrogens with zero attached hydrogens (tertiary/aromatic N) is 1. The lowest BCUT2D eigenvalue weighted by atomic mass is 9.98. The number of ketones is 1. The molecule has 144 valence electrons. The second-order valence-corrected chi connectivity index (χ2v) is 7.89. The van der Waals surface area contributed by atoms with E-state index in [0.717, 1.165) is 12.8 Å². The van der Waals surface area contributed by atoms with Gasteiger partial charge in [-0.2, -0.15) is 0 Å². The van der Waals surface area contributed by atoms with Crippen LogP contribution < -0.4 is 0 Å². The van der Waals surface area contributed by atoms with Crippen molar-refractivity contribution in [2.24, 2.45) is 0 Å². The van der Waals surface area contributed by atoms with Crippen LogP contribution in [0.4, 0.5) is 0 Å². The largest absolute Gasteiger partial charge is 0.772 e. The lowest BCUT2D eigenvalue weighted by Gasteiger charge is -2.10. The van der Waals surface area contributed by atoms with Crippen molar-refractivity contribution in [3.63, 3.8) is 0 Å². The van der Waals surface area contributed by atoms with E-state index in [9.17, 15) is 18.4 Å². The molecule has 0 bridgehead atoms. The first-order valence-corrected chi connectivity index (χ1v) is 9.99. The van der Waals surface area contributed by atoms with Crippen LogP contribution >= 0.6 is 11.6 Å². The highest BCUT2D eigenvalue weighted by molar-refractivity contribution is 7.78. The molecule has 3 rings (SSSR count). The second-order valence-electron chi connectivity index (χ2n) is 6.59. The van der Waals surface area contributed by atoms with Crippen LogP contribution in [0.2, 0.25) is 5.02 Å². The van der Waals surface area contributed by atoms with Crippen LogP contribution in [0.1, 0.15) is 70.3 Å². The van der Waals surface area contributed by atoms with Crippen LogP contribution in [-0.4, -0.2) is 31.8 Å². The summed E-state index contributed by atoms with van der Waals surface area (Å²) in [6.45, 7) is 3.38. The molecule has 1 fully saturated rings. The molecule has 1 saturated carbocycles. The molecule has 7 nitrogen and oxygen atoms in total. The van der Waals surface area contributed by atoms with Crippen molar-refractivity contribution in [3.8, 4) is 0 Å². The Bertz CT molecular complexity index is 919. The summed E-state index contributed by atoms with van der Waals surface area (Å²) < 4.78 is 32.1. The number of halogens is 1. The highest BCUT2D eigenvalue weighted by Crippen LogP contribution is 2.43. The third-order valence-corrected chi connectivity index (χ3v) is 4.87. The highest BCUT2D eigenvalue weighted by Gasteiger charge is 2.38. The fourth-order valence-corrected chi connectivity index (χ4v) is 3.40. The van der Waals surface area contributed by atoms with E-state index in [1.165, 1.54) is 18.2 Å². The molecule has 1 aliphatic rings. The Kier molecular flexibility index (Phi) is 5.78. The Morgan fingerprint density at radius 3 is 2.67 bits per heavy atom. The molecule has 0 saturated heterocycles. The number of rotatable bonds is 7. The number of esters is 1. The van der Waals surface area contributed by atoms with Gasteiger partial charge in [0.1, 0.15) is 5.56 Å². The van der Waals surface area contributed by atoms with Gasteiger partial charge in [-0.05, 0) is 44.4 Å². The van der Waals surface area contributed by atoms with E-state index >= 15 is 0 Å². The maximum Gasteiger partial charge on any atom is 0.361 e. The second kappa shape index (κ2) is 7.92. The molecule has 0 N–H and O–H groups in total. The molecular weight excluding hydrogens is 394 g/mol. The van der Waals surface area contributed by atoms with Gasteiger partial charge in [-0.25, -0.2) is 4.79 Å². The quantitative estimate of drug-likeness (QED) is 0.391. The maximum absolute atomic E-state index is 13.1. The minimum atomic E-state index is -2.27. The minimum absolute atomic E-state index is 0.0398. The number of benzene rings is 1. The third kappa shape index (κ3) is 4.45. The smallest absolute Gasteiger partial charge is 0.361 e. The lowest BCUT2D eigenvalue weighted by Crippen LogP contribution is -2.16. The van der Waals surface area contributed by atoms with Gasteiger partial charge in [0.05, 0.1) is 11.1 Å². The average Bonchev–Trinajstić information content (AvgIpc) is 3.31. The zero-order valence-electron chi connectivity index (χ0n) is 14.7. The van der Waals surface area contributed by atoms with Gasteiger partial charge in [0, 0.05) is 17.2 Å². The van der Waals surface area contributed by atoms with E-state index in [-0.39, 0.29) is 39.6 Å². The van der Waals surface area contributed by atoms with Crippen LogP contribution in [0.5, 0.6) is 0 Å². The summed E-state index contributed by atoms with van der Waals surface area (Å²) in [6.07, 6.45) is 1.31. The summed E-state index contributed by atoms with van der Waals surface area (Å²) in [5.74, 6) is -1.05. The average molecular weight is 411 g/mol. The molecular formula is C18H17ClNO6S-. The van der Waals surface area contributed by atoms with Crippen LogP contribution in [0.25, 0.3) is 0 Å². The normalized spacial score (nSPS) is 15.0. The zero-order chi connectivity index (χ0) is 19.7. The molecule has 1 heterocycles. The van der Waals surface area contributed by atoms with E-state index in [1.807, 2.05) is 0 Å². The van der Waals surface area contributed by atoms with Crippen molar-refractivity contribution < 1.29 is 27.6 Å². The van der Waals surface area contributed by atoms with Gasteiger partial charge in [-0.15, -0.1) is 0 Å². The summed E-state index contributed by atoms with van der Waals surface area (Å²) >= 11 is 3.93. The Labute approximate surface area is 163 Å². The molecule has 1 aromatic carbocycles. The molecule has 2 aromatic rings. The van der Waals surface area contributed by atoms with Crippen LogP contribution in [0, 0.1) is 0 Å². The van der Waals surface area contributed by atoms with Crippen LogP contribution in [0.3, 0.4) is 0 Å². The van der Waals surface area contributed by atoms with Crippen molar-refractivity contribution in [3.05, 3.63) is 51.4 Å². The Morgan fingerprint density at radius 1 is 1.41 bits per heavy atom. The first-order valence-electron chi connectivity index (χ1n) is 8.37. The van der Waals surface area contributed by atoms with Crippen LogP contribution in [0.15, 0.2) is 22.7 Å². The van der Waals surface area contributed by atoms with Crippen molar-refractivity contribution in [1.29, 1.82) is 0 Å². The summed E-state index contributed by atoms with van der Waals surface area (Å²) in [5.41, 5.74) is 0.486. The van der Waals surface area contributed by atoms with Gasteiger partial charge in [-0.1, -0.05) is 33.9 Å². The maximum atomic E-state index is 13.1. The molecule has 1 unspecified atom stereocenters. The fourth-order valence-electron chi connectivity index (χ4n) is 2.66. The molecule has 0 radical (unpaired) electrons. The van der Waals surface area contributed by atoms with Crippen molar-refractivity contribution in [2.45, 2.75) is 44.5 Å². The minimum Gasteiger partial charge on any atom is -0.772 e. The molecule has 0 spiro atoms. The van der Waals surface area contributed by atoms with Gasteiger partial charge < -0.3 is 13.8 Å². The van der Waals surface area contributed by atoms with E-state index < -0.39 is 22.8 Å². The molecule has 1 aliphatic carbocycles. The summed E-state index contributed by atoms with van der Waals surface area (Å²) in [6, 6.07) is 4.36. The zero-order valence-corrected chi connectivity index (χ0v) is 16.3. The number of aromatic nitrogens is 1. The van der Waals surface area contributed by atoms with Crippen molar-refractivity contribution in [2.75, 3.05) is 0 Å². The van der Waals surface area contributed by atoms with Crippen molar-refractivity contribution >= 4 is 34.4 Å². The summed E-state index contributed by atoms with van der Waals surface area (Å²) in [7, 11) is 0. The number of ether oxygens (including phenoxy) is 1. The standard InChI is InChI=1S/C18H18ClNO6S/c1-9(2)25-18(22)15-14(17(26-20-15)11-4-5-11)16(21)12-6-3-10(7-13(12)19)8-27(23)24/h3,6-7,9,11H,4-5,8H2,1-2H3,(H,23,24)/p-1. The highest BCUT2D eigenvalue weighted by atomic mass is 35.5. The van der Waals surface area contributed by atoms with Crippen LogP contribution in [-0.2, 0) is 21.6 Å². The van der Waals surface area contributed by atoms with E-state index in [1.54, 1.807) is 13.8 Å². The number of hydrogen-bond acceptors (Lipinski definition) is 7. The molecule has 1 aromatic heterocycles. The monoisotopic (exact) mass is 410 g/mol. The molecule has 0 aliphatic heterocycles. The summed E-state index contributed by atoms with van der Waals surface area (Å²) in [4.78, 5) is 25.4. The Morgan fingerprint density at radius 2 is 2.11 bits per heavy atom. The number of carbonyl (C=O) groups excluding carboxylic acids is 2. The molecule has 1 atom stereocenters. The van der Waals surface area contributed by atoms with Gasteiger partial charge in [0.15, 0.2) is 5.76 Å². The SMILES string of the molecule is CC(C)OC(=O)c1noc(C2CC2)c1C(=O)c1ccc(CS(=O)[O-])cc1Cl. The van der Waals surface area contributed by atoms with Gasteiger partial charge in [0.2, 0.25) is 11.5 Å². The lowest BCUT2D eigenvalue weighted by molar-refractivity contribution is 0.0364. The third-order valence-electron chi connectivity index (χ3n) is 3.99. The molecule has 9 heteroatoms. The first kappa shape index (κ1) is 19.7. The summed E-state index contributed by atoms with van der Waals surface area (Å²) in [5, 5.41) is 3.86. The first-order chi connectivity index (χ1) is 12.8. The van der Waals surface area contributed by atoms with Gasteiger partial charge in [0.25, 0.3) is 0 Å². The fraction of sp³-hybridized carbons (Fsp3) is 0.389. The number of hydrogen-bond donors (Lipinski definition) is 0. The topological polar surface area (TPSA) is 110 Å². The number of carbonyl (C=O) groups is 2. The van der Waals surface area contributed by atoms with Crippen molar-refractivity contribution in [1.82, 2.24) is 5.16 Å². The van der Waals surface area contributed by atoms with E-state index in [4.69, 9.17) is 20.9 Å². The van der Waals surface area contributed by atoms with E-state index in [2.05, 4.69) is 5.16 Å². The predicted molar refractivity (Wildman–Crippen MR) is 96.5 cm³/mol. The van der Waals surface area contributed by atoms with E-state index in [0.29, 0.717) is 11.3 Å². The van der Waals surface area contributed by atoms with Gasteiger partial charge >= 0.3 is 5.97 Å². The van der Waals surface area contributed by atoms with Gasteiger partial charge in [-0.3, -0.25) is 9.00 Å². The Balaban J connectivity index is 1.99. The predicted octanol–water partition coefficient (Wildman–Crippen LogP) is 3.38. The Hall–Kier alpha value is -2.03. The molecule has 27 heavy (non-hydrogen) atoms.